The summed E-state index contributed by atoms with van der Waals surface area (Å²) in [5.74, 6) is 2.58. The van der Waals surface area contributed by atoms with Gasteiger partial charge in [-0.2, -0.15) is 0 Å². The molecule has 2 N–H and O–H groups in total. The van der Waals surface area contributed by atoms with Crippen LogP contribution in [0.5, 0.6) is 0 Å². The normalized spacial score (nSPS) is 12.2. The van der Waals surface area contributed by atoms with Crippen LogP contribution in [0.2, 0.25) is 0 Å². The summed E-state index contributed by atoms with van der Waals surface area (Å²) in [6.07, 6.45) is 0. The molecule has 1 heterocycles. The molecule has 0 aliphatic heterocycles. The number of guanidine groups is 1. The lowest BCUT2D eigenvalue weighted by Crippen LogP contribution is -2.45. The topological polar surface area (TPSA) is 70.4 Å². The van der Waals surface area contributed by atoms with Crippen molar-refractivity contribution in [3.05, 3.63) is 47.5 Å². The molecule has 0 radical (unpaired) electrons. The van der Waals surface area contributed by atoms with E-state index in [-0.39, 0.29) is 0 Å². The second-order valence-corrected chi connectivity index (χ2v) is 7.58. The fourth-order valence-electron chi connectivity index (χ4n) is 3.11. The first kappa shape index (κ1) is 21.9. The summed E-state index contributed by atoms with van der Waals surface area (Å²) in [6, 6.07) is 11.3. The summed E-state index contributed by atoms with van der Waals surface area (Å²) in [5, 5.41) is 15.2. The van der Waals surface area contributed by atoms with Gasteiger partial charge in [0.2, 0.25) is 0 Å². The zero-order valence-corrected chi connectivity index (χ0v) is 18.1. The van der Waals surface area contributed by atoms with Gasteiger partial charge in [-0.1, -0.05) is 30.3 Å². The van der Waals surface area contributed by atoms with E-state index < -0.39 is 0 Å². The van der Waals surface area contributed by atoms with Gasteiger partial charge in [0.05, 0.1) is 13.1 Å². The number of nitrogens with one attached hydrogen (secondary N) is 2. The fraction of sp³-hybridized carbons (Fsp3) is 0.571. The van der Waals surface area contributed by atoms with Crippen LogP contribution in [0.15, 0.2) is 35.3 Å². The standard InChI is InChI=1S/C21H35N7/c1-16(2)28(17(3)4)13-12-22-21(23-14-19-10-8-7-9-11-19)24-15-20-26-25-18(5)27(20)6/h7-11,16-17H,12-15H2,1-6H3,(H2,22,23,24). The maximum absolute atomic E-state index is 4.75. The number of benzene rings is 1. The molecule has 0 fully saturated rings. The van der Waals surface area contributed by atoms with Crippen LogP contribution in [-0.2, 0) is 20.1 Å². The molecule has 0 atom stereocenters. The van der Waals surface area contributed by atoms with Gasteiger partial charge in [-0.3, -0.25) is 4.90 Å². The molecule has 0 saturated heterocycles. The molecule has 2 rings (SSSR count). The first-order chi connectivity index (χ1) is 13.4. The summed E-state index contributed by atoms with van der Waals surface area (Å²) in [5.41, 5.74) is 1.18. The highest BCUT2D eigenvalue weighted by atomic mass is 15.3. The van der Waals surface area contributed by atoms with Gasteiger partial charge in [-0.05, 0) is 40.2 Å². The van der Waals surface area contributed by atoms with E-state index in [1.165, 1.54) is 5.56 Å². The predicted octanol–water partition coefficient (Wildman–Crippen LogP) is 2.48. The van der Waals surface area contributed by atoms with Crippen molar-refractivity contribution >= 4 is 5.96 Å². The Morgan fingerprint density at radius 3 is 2.32 bits per heavy atom. The van der Waals surface area contributed by atoms with Gasteiger partial charge in [-0.25, -0.2) is 4.99 Å². The third-order valence-corrected chi connectivity index (χ3v) is 4.85. The van der Waals surface area contributed by atoms with Gasteiger partial charge in [-0.15, -0.1) is 10.2 Å². The Labute approximate surface area is 169 Å². The molecule has 7 heteroatoms. The molecule has 2 aromatic rings. The minimum absolute atomic E-state index is 0.515. The lowest BCUT2D eigenvalue weighted by molar-refractivity contribution is 0.178. The molecule has 28 heavy (non-hydrogen) atoms. The number of aromatic nitrogens is 3. The highest BCUT2D eigenvalue weighted by molar-refractivity contribution is 5.79. The maximum Gasteiger partial charge on any atom is 0.192 e. The highest BCUT2D eigenvalue weighted by Gasteiger charge is 2.13. The minimum atomic E-state index is 0.515. The van der Waals surface area contributed by atoms with Gasteiger partial charge in [0.25, 0.3) is 0 Å². The molecule has 0 bridgehead atoms. The Morgan fingerprint density at radius 2 is 1.75 bits per heavy atom. The summed E-state index contributed by atoms with van der Waals surface area (Å²) in [6.45, 7) is 13.9. The van der Waals surface area contributed by atoms with E-state index in [4.69, 9.17) is 4.99 Å². The van der Waals surface area contributed by atoms with Crippen LogP contribution < -0.4 is 10.6 Å². The van der Waals surface area contributed by atoms with E-state index in [9.17, 15) is 0 Å². The van der Waals surface area contributed by atoms with Crippen molar-refractivity contribution in [2.24, 2.45) is 12.0 Å². The zero-order valence-electron chi connectivity index (χ0n) is 18.1. The Hall–Kier alpha value is -2.41. The first-order valence-corrected chi connectivity index (χ1v) is 10.0. The second kappa shape index (κ2) is 10.8. The minimum Gasteiger partial charge on any atom is -0.355 e. The summed E-state index contributed by atoms with van der Waals surface area (Å²) < 4.78 is 1.99. The lowest BCUT2D eigenvalue weighted by Gasteiger charge is -2.30. The van der Waals surface area contributed by atoms with Crippen molar-refractivity contribution < 1.29 is 0 Å². The van der Waals surface area contributed by atoms with Crippen molar-refractivity contribution in [3.63, 3.8) is 0 Å². The van der Waals surface area contributed by atoms with Crippen LogP contribution in [0, 0.1) is 6.92 Å². The molecule has 154 valence electrons. The largest absolute Gasteiger partial charge is 0.355 e. The monoisotopic (exact) mass is 385 g/mol. The molecule has 0 aliphatic carbocycles. The predicted molar refractivity (Wildman–Crippen MR) is 115 cm³/mol. The van der Waals surface area contributed by atoms with Crippen LogP contribution in [-0.4, -0.2) is 50.8 Å². The summed E-state index contributed by atoms with van der Waals surface area (Å²) in [7, 11) is 1.98. The summed E-state index contributed by atoms with van der Waals surface area (Å²) in [4.78, 5) is 7.22. The molecule has 0 unspecified atom stereocenters. The maximum atomic E-state index is 4.75. The fourth-order valence-corrected chi connectivity index (χ4v) is 3.11. The molecular formula is C21H35N7. The number of hydrogen-bond acceptors (Lipinski definition) is 4. The average Bonchev–Trinajstić information content (AvgIpc) is 2.98. The van der Waals surface area contributed by atoms with E-state index in [2.05, 4.69) is 65.6 Å². The second-order valence-electron chi connectivity index (χ2n) is 7.58. The van der Waals surface area contributed by atoms with E-state index in [0.29, 0.717) is 25.2 Å². The molecule has 1 aromatic heterocycles. The Bertz CT molecular complexity index is 726. The average molecular weight is 386 g/mol. The van der Waals surface area contributed by atoms with Gasteiger partial charge < -0.3 is 15.2 Å². The first-order valence-electron chi connectivity index (χ1n) is 10.0. The van der Waals surface area contributed by atoms with Crippen LogP contribution in [0.1, 0.15) is 44.9 Å². The van der Waals surface area contributed by atoms with E-state index >= 15 is 0 Å². The molecule has 0 amide bonds. The number of rotatable bonds is 9. The van der Waals surface area contributed by atoms with Crippen molar-refractivity contribution in [2.75, 3.05) is 13.1 Å². The smallest absolute Gasteiger partial charge is 0.192 e. The van der Waals surface area contributed by atoms with Crippen LogP contribution in [0.4, 0.5) is 0 Å². The van der Waals surface area contributed by atoms with Crippen molar-refractivity contribution in [1.82, 2.24) is 30.3 Å². The van der Waals surface area contributed by atoms with Gasteiger partial charge in [0, 0.05) is 32.2 Å². The number of hydrogen-bond donors (Lipinski definition) is 2. The van der Waals surface area contributed by atoms with Crippen LogP contribution >= 0.6 is 0 Å². The van der Waals surface area contributed by atoms with Crippen LogP contribution in [0.3, 0.4) is 0 Å². The summed E-state index contributed by atoms with van der Waals surface area (Å²) >= 11 is 0. The van der Waals surface area contributed by atoms with E-state index in [1.54, 1.807) is 0 Å². The SMILES string of the molecule is Cc1nnc(CNC(=NCc2ccccc2)NCCN(C(C)C)C(C)C)n1C. The molecule has 0 saturated carbocycles. The zero-order chi connectivity index (χ0) is 20.5. The Morgan fingerprint density at radius 1 is 1.07 bits per heavy atom. The molecule has 7 nitrogen and oxygen atoms in total. The quantitative estimate of drug-likeness (QED) is 0.513. The molecule has 0 spiro atoms. The van der Waals surface area contributed by atoms with Crippen molar-refractivity contribution in [1.29, 1.82) is 0 Å². The van der Waals surface area contributed by atoms with Crippen LogP contribution in [0.25, 0.3) is 0 Å². The van der Waals surface area contributed by atoms with Crippen molar-refractivity contribution in [3.8, 4) is 0 Å². The van der Waals surface area contributed by atoms with Crippen molar-refractivity contribution in [2.45, 2.75) is 59.8 Å². The number of aryl methyl sites for hydroxylation is 1. The lowest BCUT2D eigenvalue weighted by atomic mass is 10.2. The van der Waals surface area contributed by atoms with Gasteiger partial charge in [0.15, 0.2) is 11.8 Å². The number of nitrogens with zero attached hydrogens (tertiary/aromatic N) is 5. The third kappa shape index (κ3) is 6.64. The van der Waals surface area contributed by atoms with E-state index in [0.717, 1.165) is 30.7 Å². The Kier molecular flexibility index (Phi) is 8.44. The Balaban J connectivity index is 1.99. The molecule has 0 aliphatic rings. The highest BCUT2D eigenvalue weighted by Crippen LogP contribution is 2.04. The molecule has 1 aromatic carbocycles. The third-order valence-electron chi connectivity index (χ3n) is 4.85. The van der Waals surface area contributed by atoms with E-state index in [1.807, 2.05) is 36.7 Å². The molecular weight excluding hydrogens is 350 g/mol. The number of aliphatic imine (C=N–C) groups is 1. The van der Waals surface area contributed by atoms with Gasteiger partial charge in [0.1, 0.15) is 5.82 Å². The van der Waals surface area contributed by atoms with Gasteiger partial charge >= 0.3 is 0 Å².